The molecule has 1 aliphatic rings. The summed E-state index contributed by atoms with van der Waals surface area (Å²) < 4.78 is 0. The van der Waals surface area contributed by atoms with E-state index in [9.17, 15) is 9.59 Å². The standard InChI is InChI=1S/C8H13NO3/c10-5-9-7-4-2-1-3-6(7)8(11)12/h5-7H,1-4H2,(H,9,10)(H,11,12)/t6-,7+/m0/s1. The molecule has 0 aromatic carbocycles. The van der Waals surface area contributed by atoms with Gasteiger partial charge in [-0.3, -0.25) is 9.59 Å². The summed E-state index contributed by atoms with van der Waals surface area (Å²) in [6.45, 7) is 0. The Bertz CT molecular complexity index is 181. The maximum Gasteiger partial charge on any atom is 0.308 e. The third kappa shape index (κ3) is 1.96. The lowest BCUT2D eigenvalue weighted by atomic mass is 9.85. The second-order valence-corrected chi connectivity index (χ2v) is 3.12. The first-order valence-electron chi connectivity index (χ1n) is 4.18. The van der Waals surface area contributed by atoms with Gasteiger partial charge in [0.25, 0.3) is 0 Å². The highest BCUT2D eigenvalue weighted by Crippen LogP contribution is 2.24. The molecule has 1 rings (SSSR count). The third-order valence-corrected chi connectivity index (χ3v) is 2.37. The lowest BCUT2D eigenvalue weighted by Gasteiger charge is -2.27. The van der Waals surface area contributed by atoms with Crippen molar-refractivity contribution >= 4 is 12.4 Å². The Morgan fingerprint density at radius 1 is 1.42 bits per heavy atom. The Labute approximate surface area is 71.0 Å². The van der Waals surface area contributed by atoms with E-state index in [0.29, 0.717) is 12.8 Å². The number of hydrogen-bond donors (Lipinski definition) is 2. The molecular formula is C8H13NO3. The lowest BCUT2D eigenvalue weighted by Crippen LogP contribution is -2.41. The first-order chi connectivity index (χ1) is 5.75. The van der Waals surface area contributed by atoms with E-state index in [0.717, 1.165) is 19.3 Å². The highest BCUT2D eigenvalue weighted by Gasteiger charge is 2.29. The van der Waals surface area contributed by atoms with Crippen LogP contribution in [0.25, 0.3) is 0 Å². The van der Waals surface area contributed by atoms with Crippen LogP contribution in [0.5, 0.6) is 0 Å². The summed E-state index contributed by atoms with van der Waals surface area (Å²) in [5.74, 6) is -1.18. The summed E-state index contributed by atoms with van der Waals surface area (Å²) in [5, 5.41) is 11.3. The number of aliphatic carboxylic acids is 1. The van der Waals surface area contributed by atoms with Crippen LogP contribution < -0.4 is 5.32 Å². The average Bonchev–Trinajstić information content (AvgIpc) is 2.05. The van der Waals surface area contributed by atoms with Gasteiger partial charge in [-0.2, -0.15) is 0 Å². The molecule has 2 atom stereocenters. The predicted molar refractivity (Wildman–Crippen MR) is 42.6 cm³/mol. The molecular weight excluding hydrogens is 158 g/mol. The first-order valence-corrected chi connectivity index (χ1v) is 4.18. The van der Waals surface area contributed by atoms with Crippen LogP contribution in [0.4, 0.5) is 0 Å². The van der Waals surface area contributed by atoms with Crippen molar-refractivity contribution in [3.05, 3.63) is 0 Å². The van der Waals surface area contributed by atoms with E-state index in [1.165, 1.54) is 0 Å². The van der Waals surface area contributed by atoms with Crippen molar-refractivity contribution in [2.24, 2.45) is 5.92 Å². The molecule has 0 spiro atoms. The number of hydrogen-bond acceptors (Lipinski definition) is 2. The van der Waals surface area contributed by atoms with E-state index in [1.807, 2.05) is 0 Å². The van der Waals surface area contributed by atoms with Crippen molar-refractivity contribution in [3.63, 3.8) is 0 Å². The average molecular weight is 171 g/mol. The van der Waals surface area contributed by atoms with Crippen LogP contribution in [0.15, 0.2) is 0 Å². The molecule has 1 aliphatic carbocycles. The fourth-order valence-corrected chi connectivity index (χ4v) is 1.71. The Kier molecular flexibility index (Phi) is 3.08. The summed E-state index contributed by atoms with van der Waals surface area (Å²) in [5.41, 5.74) is 0. The van der Waals surface area contributed by atoms with Crippen LogP contribution in [0.1, 0.15) is 25.7 Å². The van der Waals surface area contributed by atoms with Crippen LogP contribution in [0.3, 0.4) is 0 Å². The Balaban J connectivity index is 2.53. The molecule has 0 heterocycles. The van der Waals surface area contributed by atoms with Crippen LogP contribution in [-0.4, -0.2) is 23.5 Å². The van der Waals surface area contributed by atoms with E-state index in [1.54, 1.807) is 0 Å². The Morgan fingerprint density at radius 2 is 2.08 bits per heavy atom. The third-order valence-electron chi connectivity index (χ3n) is 2.37. The topological polar surface area (TPSA) is 66.4 Å². The molecule has 12 heavy (non-hydrogen) atoms. The summed E-state index contributed by atoms with van der Waals surface area (Å²) >= 11 is 0. The van der Waals surface area contributed by atoms with Crippen molar-refractivity contribution in [1.29, 1.82) is 0 Å². The second kappa shape index (κ2) is 4.09. The van der Waals surface area contributed by atoms with E-state index in [4.69, 9.17) is 5.11 Å². The van der Waals surface area contributed by atoms with Crippen molar-refractivity contribution in [1.82, 2.24) is 5.32 Å². The molecule has 0 unspecified atom stereocenters. The van der Waals surface area contributed by atoms with Crippen molar-refractivity contribution < 1.29 is 14.7 Å². The molecule has 0 saturated heterocycles. The van der Waals surface area contributed by atoms with E-state index in [-0.39, 0.29) is 12.0 Å². The normalized spacial score (nSPS) is 29.3. The van der Waals surface area contributed by atoms with Gasteiger partial charge in [-0.15, -0.1) is 0 Å². The summed E-state index contributed by atoms with van der Waals surface area (Å²) in [4.78, 5) is 20.8. The summed E-state index contributed by atoms with van der Waals surface area (Å²) in [6, 6.07) is -0.159. The van der Waals surface area contributed by atoms with Crippen LogP contribution in [-0.2, 0) is 9.59 Å². The van der Waals surface area contributed by atoms with Gasteiger partial charge in [0.15, 0.2) is 0 Å². The molecule has 2 N–H and O–H groups in total. The Morgan fingerprint density at radius 3 is 2.67 bits per heavy atom. The number of amides is 1. The van der Waals surface area contributed by atoms with Crippen LogP contribution >= 0.6 is 0 Å². The van der Waals surface area contributed by atoms with Crippen LogP contribution in [0, 0.1) is 5.92 Å². The minimum Gasteiger partial charge on any atom is -0.481 e. The number of carbonyl (C=O) groups is 2. The number of carboxylic acids is 1. The zero-order valence-electron chi connectivity index (χ0n) is 6.82. The minimum absolute atomic E-state index is 0.159. The molecule has 1 amide bonds. The maximum absolute atomic E-state index is 10.7. The van der Waals surface area contributed by atoms with Gasteiger partial charge in [0, 0.05) is 6.04 Å². The van der Waals surface area contributed by atoms with E-state index < -0.39 is 5.97 Å². The number of rotatable bonds is 3. The SMILES string of the molecule is O=CN[C@@H]1CCCC[C@@H]1C(=O)O. The van der Waals surface area contributed by atoms with Gasteiger partial charge in [-0.1, -0.05) is 12.8 Å². The smallest absolute Gasteiger partial charge is 0.308 e. The number of carboxylic acid groups (broad SMARTS) is 1. The molecule has 1 fully saturated rings. The maximum atomic E-state index is 10.7. The van der Waals surface area contributed by atoms with Gasteiger partial charge < -0.3 is 10.4 Å². The van der Waals surface area contributed by atoms with Gasteiger partial charge in [0.05, 0.1) is 5.92 Å². The summed E-state index contributed by atoms with van der Waals surface area (Å²) in [7, 11) is 0. The van der Waals surface area contributed by atoms with E-state index in [2.05, 4.69) is 5.32 Å². The number of nitrogens with one attached hydrogen (secondary N) is 1. The number of carbonyl (C=O) groups excluding carboxylic acids is 1. The Hall–Kier alpha value is -1.06. The fraction of sp³-hybridized carbons (Fsp3) is 0.750. The molecule has 1 saturated carbocycles. The minimum atomic E-state index is -0.797. The zero-order chi connectivity index (χ0) is 8.97. The monoisotopic (exact) mass is 171 g/mol. The molecule has 4 nitrogen and oxygen atoms in total. The van der Waals surface area contributed by atoms with Gasteiger partial charge >= 0.3 is 5.97 Å². The fourth-order valence-electron chi connectivity index (χ4n) is 1.71. The van der Waals surface area contributed by atoms with Gasteiger partial charge in [-0.05, 0) is 12.8 Å². The molecule has 68 valence electrons. The molecule has 0 radical (unpaired) electrons. The van der Waals surface area contributed by atoms with Crippen molar-refractivity contribution in [2.75, 3.05) is 0 Å². The molecule has 0 aliphatic heterocycles. The largest absolute Gasteiger partial charge is 0.481 e. The lowest BCUT2D eigenvalue weighted by molar-refractivity contribution is -0.143. The van der Waals surface area contributed by atoms with Crippen molar-refractivity contribution in [2.45, 2.75) is 31.7 Å². The second-order valence-electron chi connectivity index (χ2n) is 3.12. The van der Waals surface area contributed by atoms with Crippen molar-refractivity contribution in [3.8, 4) is 0 Å². The predicted octanol–water partition coefficient (Wildman–Crippen LogP) is 0.376. The van der Waals surface area contributed by atoms with E-state index >= 15 is 0 Å². The van der Waals surface area contributed by atoms with Gasteiger partial charge in [0.1, 0.15) is 0 Å². The zero-order valence-corrected chi connectivity index (χ0v) is 6.82. The molecule has 0 bridgehead atoms. The summed E-state index contributed by atoms with van der Waals surface area (Å²) in [6.07, 6.45) is 4.02. The van der Waals surface area contributed by atoms with Gasteiger partial charge in [0.2, 0.25) is 6.41 Å². The molecule has 4 heteroatoms. The molecule has 0 aromatic heterocycles. The highest BCUT2D eigenvalue weighted by molar-refractivity contribution is 5.71. The molecule has 0 aromatic rings. The van der Waals surface area contributed by atoms with Gasteiger partial charge in [-0.25, -0.2) is 0 Å². The first kappa shape index (κ1) is 9.03. The quantitative estimate of drug-likeness (QED) is 0.603. The highest BCUT2D eigenvalue weighted by atomic mass is 16.4. The van der Waals surface area contributed by atoms with Crippen LogP contribution in [0.2, 0.25) is 0 Å².